The van der Waals surface area contributed by atoms with Gasteiger partial charge in [0, 0.05) is 14.1 Å². The highest BCUT2D eigenvalue weighted by Gasteiger charge is 2.06. The zero-order valence-electron chi connectivity index (χ0n) is 7.77. The Morgan fingerprint density at radius 2 is 2.29 bits per heavy atom. The molecule has 0 radical (unpaired) electrons. The van der Waals surface area contributed by atoms with Gasteiger partial charge in [0.15, 0.2) is 4.77 Å². The predicted molar refractivity (Wildman–Crippen MR) is 61.3 cm³/mol. The number of aromatic nitrogens is 2. The van der Waals surface area contributed by atoms with Gasteiger partial charge in [0.2, 0.25) is 0 Å². The molecule has 0 unspecified atom stereocenters. The first kappa shape index (κ1) is 9.42. The minimum Gasteiger partial charge on any atom is -0.329 e. The monoisotopic (exact) mass is 227 g/mol. The van der Waals surface area contributed by atoms with E-state index in [0.717, 1.165) is 5.52 Å². The molecule has 2 aromatic rings. The average Bonchev–Trinajstić information content (AvgIpc) is 2.50. The Hall–Kier alpha value is -1.14. The number of nitrogens with one attached hydrogen (secondary N) is 1. The maximum Gasteiger partial charge on any atom is 0.291 e. The lowest BCUT2D eigenvalue weighted by molar-refractivity contribution is 0.681. The first-order valence-corrected chi connectivity index (χ1v) is 5.30. The summed E-state index contributed by atoms with van der Waals surface area (Å²) in [5, 5.41) is 3.54. The molecule has 2 heterocycles. The van der Waals surface area contributed by atoms with Gasteiger partial charge in [-0.15, -0.1) is 11.3 Å². The molecule has 0 aliphatic rings. The maximum absolute atomic E-state index is 11.9. The van der Waals surface area contributed by atoms with Gasteiger partial charge >= 0.3 is 0 Å². The molecule has 14 heavy (non-hydrogen) atoms. The molecule has 74 valence electrons. The van der Waals surface area contributed by atoms with Crippen LogP contribution in [0.1, 0.15) is 0 Å². The molecule has 4 nitrogen and oxygen atoms in total. The lowest BCUT2D eigenvalue weighted by Crippen LogP contribution is -2.36. The van der Waals surface area contributed by atoms with Gasteiger partial charge < -0.3 is 9.99 Å². The number of hydrogen-bond donors (Lipinski definition) is 1. The molecule has 6 heteroatoms. The Bertz CT molecular complexity index is 578. The molecule has 0 spiro atoms. The second-order valence-electron chi connectivity index (χ2n) is 3.06. The summed E-state index contributed by atoms with van der Waals surface area (Å²) in [6.07, 6.45) is 0. The van der Waals surface area contributed by atoms with Gasteiger partial charge in [0.25, 0.3) is 5.56 Å². The fourth-order valence-electron chi connectivity index (χ4n) is 1.29. The van der Waals surface area contributed by atoms with Crippen LogP contribution in [0.4, 0.5) is 0 Å². The van der Waals surface area contributed by atoms with Gasteiger partial charge in [-0.3, -0.25) is 4.79 Å². The van der Waals surface area contributed by atoms with Crippen LogP contribution in [0.5, 0.6) is 0 Å². The van der Waals surface area contributed by atoms with Crippen molar-refractivity contribution in [3.05, 3.63) is 26.6 Å². The predicted octanol–water partition coefficient (Wildman–Crippen LogP) is 1.32. The summed E-state index contributed by atoms with van der Waals surface area (Å²) in [7, 11) is 3.56. The van der Waals surface area contributed by atoms with E-state index in [1.54, 1.807) is 19.1 Å². The maximum atomic E-state index is 11.9. The number of nitrogens with zero attached hydrogens (tertiary/aromatic N) is 2. The highest BCUT2D eigenvalue weighted by atomic mass is 32.1. The number of thiophene rings is 1. The normalized spacial score (nSPS) is 10.7. The van der Waals surface area contributed by atoms with Crippen molar-refractivity contribution in [2.75, 3.05) is 19.1 Å². The topological polar surface area (TPSA) is 41.0 Å². The Labute approximate surface area is 89.4 Å². The van der Waals surface area contributed by atoms with Crippen LogP contribution in [0, 0.1) is 4.77 Å². The minimum absolute atomic E-state index is 0.0660. The van der Waals surface area contributed by atoms with Crippen molar-refractivity contribution in [1.29, 1.82) is 0 Å². The van der Waals surface area contributed by atoms with Crippen molar-refractivity contribution in [1.82, 2.24) is 9.66 Å². The third-order valence-electron chi connectivity index (χ3n) is 1.89. The fraction of sp³-hybridized carbons (Fsp3) is 0.250. The van der Waals surface area contributed by atoms with E-state index in [1.807, 2.05) is 11.4 Å². The van der Waals surface area contributed by atoms with Gasteiger partial charge in [-0.1, -0.05) is 0 Å². The van der Waals surface area contributed by atoms with Gasteiger partial charge in [-0.25, -0.2) is 0 Å². The molecule has 0 fully saturated rings. The van der Waals surface area contributed by atoms with E-state index in [-0.39, 0.29) is 5.56 Å². The first-order chi connectivity index (χ1) is 6.61. The van der Waals surface area contributed by atoms with Crippen molar-refractivity contribution in [2.24, 2.45) is 0 Å². The molecule has 0 saturated carbocycles. The van der Waals surface area contributed by atoms with Crippen LogP contribution < -0.4 is 10.6 Å². The van der Waals surface area contributed by atoms with Gasteiger partial charge in [-0.2, -0.15) is 4.68 Å². The van der Waals surface area contributed by atoms with Crippen LogP contribution >= 0.6 is 23.6 Å². The summed E-state index contributed by atoms with van der Waals surface area (Å²) in [4.78, 5) is 14.9. The lowest BCUT2D eigenvalue weighted by Gasteiger charge is -2.14. The minimum atomic E-state index is -0.0660. The first-order valence-electron chi connectivity index (χ1n) is 4.01. The van der Waals surface area contributed by atoms with Crippen LogP contribution in [-0.4, -0.2) is 23.8 Å². The standard InChI is InChI=1S/C8H9N3OS2/c1-10(2)11-7(12)6-5(3-4-14-6)9-8(11)13/h3-4H,1-2H3,(H,9,13). The summed E-state index contributed by atoms with van der Waals surface area (Å²) in [6.45, 7) is 0. The van der Waals surface area contributed by atoms with E-state index in [1.165, 1.54) is 16.0 Å². The van der Waals surface area contributed by atoms with Crippen molar-refractivity contribution in [2.45, 2.75) is 0 Å². The van der Waals surface area contributed by atoms with E-state index in [0.29, 0.717) is 9.47 Å². The largest absolute Gasteiger partial charge is 0.329 e. The van der Waals surface area contributed by atoms with Crippen LogP contribution in [-0.2, 0) is 0 Å². The molecule has 0 saturated heterocycles. The van der Waals surface area contributed by atoms with E-state index < -0.39 is 0 Å². The average molecular weight is 227 g/mol. The van der Waals surface area contributed by atoms with Crippen molar-refractivity contribution >= 4 is 33.8 Å². The number of fused-ring (bicyclic) bond motifs is 1. The highest BCUT2D eigenvalue weighted by molar-refractivity contribution is 7.71. The number of aromatic amines is 1. The van der Waals surface area contributed by atoms with Crippen molar-refractivity contribution in [3.63, 3.8) is 0 Å². The Balaban J connectivity index is 2.97. The quantitative estimate of drug-likeness (QED) is 0.747. The molecule has 0 atom stereocenters. The molecule has 0 bridgehead atoms. The zero-order valence-corrected chi connectivity index (χ0v) is 9.41. The SMILES string of the molecule is CN(C)n1c(=S)[nH]c2ccsc2c1=O. The second-order valence-corrected chi connectivity index (χ2v) is 4.36. The number of H-pyrrole nitrogens is 1. The summed E-state index contributed by atoms with van der Waals surface area (Å²) in [5.74, 6) is 0. The molecule has 0 amide bonds. The van der Waals surface area contributed by atoms with Gasteiger partial charge in [0.05, 0.1) is 5.52 Å². The summed E-state index contributed by atoms with van der Waals surface area (Å²) in [6, 6.07) is 1.86. The highest BCUT2D eigenvalue weighted by Crippen LogP contribution is 2.13. The van der Waals surface area contributed by atoms with E-state index in [2.05, 4.69) is 4.98 Å². The summed E-state index contributed by atoms with van der Waals surface area (Å²) < 4.78 is 2.56. The molecular formula is C8H9N3OS2. The van der Waals surface area contributed by atoms with E-state index in [9.17, 15) is 4.79 Å². The van der Waals surface area contributed by atoms with Crippen LogP contribution in [0.3, 0.4) is 0 Å². The molecule has 2 rings (SSSR count). The summed E-state index contributed by atoms with van der Waals surface area (Å²) >= 11 is 6.50. The molecule has 0 aliphatic heterocycles. The smallest absolute Gasteiger partial charge is 0.291 e. The Kier molecular flexibility index (Phi) is 2.16. The Morgan fingerprint density at radius 3 is 2.93 bits per heavy atom. The Morgan fingerprint density at radius 1 is 1.57 bits per heavy atom. The number of rotatable bonds is 1. The molecule has 0 aliphatic carbocycles. The molecule has 2 aromatic heterocycles. The third kappa shape index (κ3) is 1.27. The third-order valence-corrected chi connectivity index (χ3v) is 3.06. The van der Waals surface area contributed by atoms with E-state index in [4.69, 9.17) is 12.2 Å². The zero-order chi connectivity index (χ0) is 10.3. The van der Waals surface area contributed by atoms with Crippen LogP contribution in [0.15, 0.2) is 16.2 Å². The van der Waals surface area contributed by atoms with Gasteiger partial charge in [-0.05, 0) is 23.7 Å². The van der Waals surface area contributed by atoms with E-state index >= 15 is 0 Å². The van der Waals surface area contributed by atoms with Crippen molar-refractivity contribution < 1.29 is 0 Å². The fourth-order valence-corrected chi connectivity index (χ4v) is 2.42. The lowest BCUT2D eigenvalue weighted by atomic mass is 10.5. The van der Waals surface area contributed by atoms with Crippen LogP contribution in [0.25, 0.3) is 10.2 Å². The molecule has 1 N–H and O–H groups in total. The number of hydrogen-bond acceptors (Lipinski definition) is 4. The van der Waals surface area contributed by atoms with Crippen molar-refractivity contribution in [3.8, 4) is 0 Å². The summed E-state index contributed by atoms with van der Waals surface area (Å²) in [5.41, 5.74) is 0.742. The van der Waals surface area contributed by atoms with Gasteiger partial charge in [0.1, 0.15) is 4.70 Å². The van der Waals surface area contributed by atoms with Crippen LogP contribution in [0.2, 0.25) is 0 Å². The molecule has 0 aromatic carbocycles. The molecular weight excluding hydrogens is 218 g/mol. The second kappa shape index (κ2) is 3.21.